The monoisotopic (exact) mass is 396 g/mol. The van der Waals surface area contributed by atoms with Crippen molar-refractivity contribution < 1.29 is 27.9 Å². The summed E-state index contributed by atoms with van der Waals surface area (Å²) in [5.41, 5.74) is 0.823. The van der Waals surface area contributed by atoms with Crippen molar-refractivity contribution in [2.75, 3.05) is 26.3 Å². The fourth-order valence-corrected chi connectivity index (χ4v) is 4.49. The number of aryl methyl sites for hydroxylation is 1. The van der Waals surface area contributed by atoms with E-state index in [9.17, 15) is 18.0 Å². The van der Waals surface area contributed by atoms with Gasteiger partial charge in [0.15, 0.2) is 0 Å². The highest BCUT2D eigenvalue weighted by molar-refractivity contribution is 7.89. The molecule has 1 unspecified atom stereocenters. The van der Waals surface area contributed by atoms with Gasteiger partial charge in [-0.15, -0.1) is 0 Å². The summed E-state index contributed by atoms with van der Waals surface area (Å²) in [6, 6.07) is 5.66. The van der Waals surface area contributed by atoms with Gasteiger partial charge < -0.3 is 15.2 Å². The molecule has 2 aliphatic rings. The van der Waals surface area contributed by atoms with Crippen molar-refractivity contribution in [1.82, 2.24) is 9.62 Å². The van der Waals surface area contributed by atoms with Crippen LogP contribution < -0.4 is 5.32 Å². The highest BCUT2D eigenvalue weighted by atomic mass is 32.2. The lowest BCUT2D eigenvalue weighted by Crippen LogP contribution is -2.42. The molecule has 2 fully saturated rings. The first-order valence-electron chi connectivity index (χ1n) is 9.07. The van der Waals surface area contributed by atoms with Crippen LogP contribution in [0.25, 0.3) is 0 Å². The number of sulfonamides is 1. The summed E-state index contributed by atoms with van der Waals surface area (Å²) in [5, 5.41) is 11.7. The number of carbonyl (C=O) groups excluding carboxylic acids is 1. The lowest BCUT2D eigenvalue weighted by atomic mass is 10.1. The molecule has 1 aliphatic carbocycles. The lowest BCUT2D eigenvalue weighted by Gasteiger charge is -2.26. The van der Waals surface area contributed by atoms with Gasteiger partial charge in [0, 0.05) is 19.5 Å². The largest absolute Gasteiger partial charge is 0.480 e. The zero-order valence-electron chi connectivity index (χ0n) is 15.0. The molecule has 27 heavy (non-hydrogen) atoms. The van der Waals surface area contributed by atoms with E-state index in [1.54, 1.807) is 24.3 Å². The van der Waals surface area contributed by atoms with Gasteiger partial charge in [0.25, 0.3) is 0 Å². The van der Waals surface area contributed by atoms with Gasteiger partial charge in [-0.1, -0.05) is 12.1 Å². The number of nitrogens with one attached hydrogen (secondary N) is 1. The topological polar surface area (TPSA) is 113 Å². The molecule has 148 valence electrons. The maximum Gasteiger partial charge on any atom is 0.326 e. The first kappa shape index (κ1) is 19.8. The minimum absolute atomic E-state index is 0.0381. The second-order valence-electron chi connectivity index (χ2n) is 6.88. The molecule has 1 amide bonds. The minimum atomic E-state index is -3.53. The summed E-state index contributed by atoms with van der Waals surface area (Å²) in [4.78, 5) is 23.4. The molecule has 1 heterocycles. The molecule has 1 aromatic carbocycles. The number of morpholine rings is 1. The number of carboxylic acid groups (broad SMARTS) is 1. The SMILES string of the molecule is O=C(CCc1ccc(S(=O)(=O)N2CCOCC2)cc1)NC(C(=O)O)C1CC1. The summed E-state index contributed by atoms with van der Waals surface area (Å²) >= 11 is 0. The molecule has 2 N–H and O–H groups in total. The summed E-state index contributed by atoms with van der Waals surface area (Å²) in [7, 11) is -3.53. The van der Waals surface area contributed by atoms with E-state index in [2.05, 4.69) is 5.32 Å². The van der Waals surface area contributed by atoms with E-state index < -0.39 is 22.0 Å². The summed E-state index contributed by atoms with van der Waals surface area (Å²) < 4.78 is 31.7. The fraction of sp³-hybridized carbons (Fsp3) is 0.556. The van der Waals surface area contributed by atoms with Crippen LogP contribution in [0.15, 0.2) is 29.2 Å². The predicted molar refractivity (Wildman–Crippen MR) is 96.6 cm³/mol. The predicted octanol–water partition coefficient (Wildman–Crippen LogP) is 0.619. The van der Waals surface area contributed by atoms with Gasteiger partial charge in [0.05, 0.1) is 18.1 Å². The van der Waals surface area contributed by atoms with Crippen LogP contribution in [0.2, 0.25) is 0 Å². The van der Waals surface area contributed by atoms with Crippen LogP contribution in [0.5, 0.6) is 0 Å². The van der Waals surface area contributed by atoms with Crippen molar-refractivity contribution in [3.05, 3.63) is 29.8 Å². The Balaban J connectivity index is 1.54. The maximum atomic E-state index is 12.6. The molecule has 1 atom stereocenters. The van der Waals surface area contributed by atoms with Crippen molar-refractivity contribution in [2.45, 2.75) is 36.6 Å². The van der Waals surface area contributed by atoms with E-state index in [1.807, 2.05) is 0 Å². The molecule has 8 nitrogen and oxygen atoms in total. The summed E-state index contributed by atoms with van der Waals surface area (Å²) in [5.74, 6) is -1.26. The Hall–Kier alpha value is -1.97. The number of rotatable bonds is 8. The van der Waals surface area contributed by atoms with Crippen LogP contribution in [-0.2, 0) is 30.8 Å². The summed E-state index contributed by atoms with van der Waals surface area (Å²) in [6.07, 6.45) is 2.24. The maximum absolute atomic E-state index is 12.6. The zero-order valence-corrected chi connectivity index (χ0v) is 15.8. The third-order valence-electron chi connectivity index (χ3n) is 4.85. The molecule has 1 saturated heterocycles. The van der Waals surface area contributed by atoms with Crippen molar-refractivity contribution in [2.24, 2.45) is 5.92 Å². The van der Waals surface area contributed by atoms with Gasteiger partial charge in [-0.3, -0.25) is 4.79 Å². The normalized spacial score (nSPS) is 19.4. The zero-order chi connectivity index (χ0) is 19.4. The van der Waals surface area contributed by atoms with E-state index in [0.717, 1.165) is 18.4 Å². The number of ether oxygens (including phenoxy) is 1. The number of carboxylic acids is 1. The molecule has 1 aliphatic heterocycles. The molecule has 0 bridgehead atoms. The second-order valence-corrected chi connectivity index (χ2v) is 8.82. The first-order chi connectivity index (χ1) is 12.9. The van der Waals surface area contributed by atoms with Gasteiger partial charge >= 0.3 is 5.97 Å². The van der Waals surface area contributed by atoms with Gasteiger partial charge in [-0.25, -0.2) is 13.2 Å². The minimum Gasteiger partial charge on any atom is -0.480 e. The summed E-state index contributed by atoms with van der Waals surface area (Å²) in [6.45, 7) is 1.47. The average Bonchev–Trinajstić information content (AvgIpc) is 3.50. The van der Waals surface area contributed by atoms with Crippen LogP contribution in [0.4, 0.5) is 0 Å². The Labute approximate surface area is 158 Å². The van der Waals surface area contributed by atoms with Gasteiger partial charge in [0.1, 0.15) is 6.04 Å². The number of hydrogen-bond donors (Lipinski definition) is 2. The van der Waals surface area contributed by atoms with E-state index in [-0.39, 0.29) is 23.1 Å². The highest BCUT2D eigenvalue weighted by Gasteiger charge is 2.37. The van der Waals surface area contributed by atoms with Crippen LogP contribution in [0.1, 0.15) is 24.8 Å². The van der Waals surface area contributed by atoms with Crippen LogP contribution in [-0.4, -0.2) is 62.1 Å². The molecule has 0 aromatic heterocycles. The van der Waals surface area contributed by atoms with E-state index >= 15 is 0 Å². The fourth-order valence-electron chi connectivity index (χ4n) is 3.08. The number of aliphatic carboxylic acids is 1. The molecule has 3 rings (SSSR count). The number of benzene rings is 1. The smallest absolute Gasteiger partial charge is 0.326 e. The highest BCUT2D eigenvalue weighted by Crippen LogP contribution is 2.32. The molecule has 0 spiro atoms. The van der Waals surface area contributed by atoms with Crippen molar-refractivity contribution >= 4 is 21.9 Å². The molecular formula is C18H24N2O6S. The van der Waals surface area contributed by atoms with Crippen LogP contribution in [0, 0.1) is 5.92 Å². The standard InChI is InChI=1S/C18H24N2O6S/c21-16(19-17(18(22)23)14-4-5-14)8-3-13-1-6-15(7-2-13)27(24,25)20-9-11-26-12-10-20/h1-2,6-7,14,17H,3-5,8-12H2,(H,19,21)(H,22,23). The Morgan fingerprint density at radius 1 is 1.19 bits per heavy atom. The molecule has 1 aromatic rings. The molecular weight excluding hydrogens is 372 g/mol. The Bertz CT molecular complexity index is 783. The Morgan fingerprint density at radius 3 is 2.37 bits per heavy atom. The number of carbonyl (C=O) groups is 2. The molecule has 9 heteroatoms. The van der Waals surface area contributed by atoms with Gasteiger partial charge in [0.2, 0.25) is 15.9 Å². The second kappa shape index (κ2) is 8.37. The van der Waals surface area contributed by atoms with Crippen molar-refractivity contribution in [3.8, 4) is 0 Å². The van der Waals surface area contributed by atoms with Crippen LogP contribution in [0.3, 0.4) is 0 Å². The molecule has 1 saturated carbocycles. The van der Waals surface area contributed by atoms with E-state index in [0.29, 0.717) is 32.7 Å². The van der Waals surface area contributed by atoms with Crippen molar-refractivity contribution in [3.63, 3.8) is 0 Å². The third kappa shape index (κ3) is 5.06. The number of nitrogens with zero attached hydrogens (tertiary/aromatic N) is 1. The van der Waals surface area contributed by atoms with Gasteiger partial charge in [-0.05, 0) is 42.9 Å². The number of hydrogen-bond acceptors (Lipinski definition) is 5. The van der Waals surface area contributed by atoms with Gasteiger partial charge in [-0.2, -0.15) is 4.31 Å². The lowest BCUT2D eigenvalue weighted by molar-refractivity contribution is -0.142. The number of amides is 1. The van der Waals surface area contributed by atoms with E-state index in [1.165, 1.54) is 4.31 Å². The quantitative estimate of drug-likeness (QED) is 0.666. The third-order valence-corrected chi connectivity index (χ3v) is 6.76. The first-order valence-corrected chi connectivity index (χ1v) is 10.5. The van der Waals surface area contributed by atoms with Crippen LogP contribution >= 0.6 is 0 Å². The Kier molecular flexibility index (Phi) is 6.13. The van der Waals surface area contributed by atoms with Crippen molar-refractivity contribution in [1.29, 1.82) is 0 Å². The molecule has 0 radical (unpaired) electrons. The average molecular weight is 396 g/mol. The van der Waals surface area contributed by atoms with E-state index in [4.69, 9.17) is 9.84 Å². The Morgan fingerprint density at radius 2 is 1.81 bits per heavy atom.